The van der Waals surface area contributed by atoms with Gasteiger partial charge in [0.15, 0.2) is 0 Å². The molecule has 3 N–H and O–H groups in total. The van der Waals surface area contributed by atoms with E-state index in [0.717, 1.165) is 0 Å². The summed E-state index contributed by atoms with van der Waals surface area (Å²) < 4.78 is 4.50. The normalized spacial score (nSPS) is 10.0. The molecule has 7 nitrogen and oxygen atoms in total. The molecule has 9 heteroatoms. The molecule has 0 aliphatic heterocycles. The summed E-state index contributed by atoms with van der Waals surface area (Å²) in [5, 5.41) is 24.7. The van der Waals surface area contributed by atoms with Crippen molar-refractivity contribution in [2.75, 3.05) is 52.7 Å². The lowest BCUT2D eigenvalue weighted by Crippen LogP contribution is -2.32. The molecule has 0 aliphatic rings. The fourth-order valence-corrected chi connectivity index (χ4v) is 1.17. The van der Waals surface area contributed by atoms with Crippen LogP contribution in [0, 0.1) is 0 Å². The van der Waals surface area contributed by atoms with Crippen LogP contribution in [0.1, 0.15) is 0 Å². The minimum atomic E-state index is -0.399. The zero-order valence-electron chi connectivity index (χ0n) is 10.6. The summed E-state index contributed by atoms with van der Waals surface area (Å²) >= 11 is 6.80. The van der Waals surface area contributed by atoms with Crippen LogP contribution in [0.15, 0.2) is 0 Å². The Morgan fingerprint density at radius 3 is 1.37 bits per heavy atom. The topological polar surface area (TPSA) is 107 Å². The smallest absolute Gasteiger partial charge is 0.211 e. The molecule has 0 spiro atoms. The Kier molecular flexibility index (Phi) is 17.7. The third-order valence-electron chi connectivity index (χ3n) is 1.70. The molecule has 0 saturated carbocycles. The Hall–Kier alpha value is -0.160. The monoisotopic (exact) mass is 315 g/mol. The van der Waals surface area contributed by atoms with Gasteiger partial charge in [-0.05, 0) is 0 Å². The first-order valence-corrected chi connectivity index (χ1v) is 6.43. The zero-order chi connectivity index (χ0) is 15.1. The van der Waals surface area contributed by atoms with Crippen molar-refractivity contribution in [2.24, 2.45) is 0 Å². The molecule has 0 aromatic heterocycles. The van der Waals surface area contributed by atoms with E-state index in [1.54, 1.807) is 4.90 Å². The van der Waals surface area contributed by atoms with Crippen LogP contribution in [0.4, 0.5) is 0 Å². The maximum Gasteiger partial charge on any atom is 0.211 e. The van der Waals surface area contributed by atoms with E-state index < -0.39 is 10.2 Å². The average molecular weight is 315 g/mol. The van der Waals surface area contributed by atoms with Gasteiger partial charge < -0.3 is 20.1 Å². The number of ether oxygens (including phenoxy) is 1. The lowest BCUT2D eigenvalue weighted by molar-refractivity contribution is -0.119. The van der Waals surface area contributed by atoms with E-state index >= 15 is 0 Å². The molecule has 0 amide bonds. The molecule has 114 valence electrons. The standard InChI is InChI=1S/C6H15NO3.C4H6O3S2/c8-4-1-7(2-5-9)3-6-10;5-3(8)1-7-2-4(6)9/h8-10H,1-6H2;1-2H2,(H,5,8)(H,6,9). The number of hydrogen-bond donors (Lipinski definition) is 5. The second-order valence-electron chi connectivity index (χ2n) is 3.29. The van der Waals surface area contributed by atoms with Crippen molar-refractivity contribution >= 4 is 35.5 Å². The van der Waals surface area contributed by atoms with E-state index in [4.69, 9.17) is 15.3 Å². The van der Waals surface area contributed by atoms with Gasteiger partial charge in [-0.3, -0.25) is 14.5 Å². The highest BCUT2D eigenvalue weighted by Gasteiger charge is 2.00. The first kappa shape index (κ1) is 21.1. The first-order valence-electron chi connectivity index (χ1n) is 5.54. The zero-order valence-corrected chi connectivity index (χ0v) is 12.4. The molecule has 0 aromatic carbocycles. The van der Waals surface area contributed by atoms with Crippen LogP contribution in [0.5, 0.6) is 0 Å². The number of hydrogen-bond acceptors (Lipinski definition) is 7. The van der Waals surface area contributed by atoms with Crippen LogP contribution in [-0.4, -0.2) is 83.1 Å². The fourth-order valence-electron chi connectivity index (χ4n) is 0.985. The van der Waals surface area contributed by atoms with Gasteiger partial charge in [-0.25, -0.2) is 0 Å². The highest BCUT2D eigenvalue weighted by atomic mass is 32.1. The molecule has 0 radical (unpaired) electrons. The van der Waals surface area contributed by atoms with E-state index in [1.165, 1.54) is 0 Å². The summed E-state index contributed by atoms with van der Waals surface area (Å²) in [7, 11) is 0. The van der Waals surface area contributed by atoms with Crippen LogP contribution in [0.3, 0.4) is 0 Å². The summed E-state index contributed by atoms with van der Waals surface area (Å²) in [4.78, 5) is 21.8. The predicted octanol–water partition coefficient (Wildman–Crippen LogP) is -1.82. The third-order valence-corrected chi connectivity index (χ3v) is 1.96. The summed E-state index contributed by atoms with van der Waals surface area (Å²) in [6, 6.07) is 0. The highest BCUT2D eigenvalue weighted by molar-refractivity contribution is 7.96. The Balaban J connectivity index is 0. The van der Waals surface area contributed by atoms with Crippen molar-refractivity contribution in [1.82, 2.24) is 4.90 Å². The summed E-state index contributed by atoms with van der Waals surface area (Å²) in [6.07, 6.45) is 0. The molecule has 0 atom stereocenters. The molecular weight excluding hydrogens is 294 g/mol. The molecule has 0 aromatic rings. The Morgan fingerprint density at radius 2 is 1.16 bits per heavy atom. The Labute approximate surface area is 123 Å². The minimum absolute atomic E-state index is 0.0694. The van der Waals surface area contributed by atoms with Crippen LogP contribution >= 0.6 is 25.3 Å². The number of thiol groups is 2. The molecule has 0 saturated heterocycles. The second kappa shape index (κ2) is 15.9. The van der Waals surface area contributed by atoms with Gasteiger partial charge in [0.25, 0.3) is 0 Å². The van der Waals surface area contributed by atoms with Crippen LogP contribution in [0.25, 0.3) is 0 Å². The van der Waals surface area contributed by atoms with E-state index in [2.05, 4.69) is 30.0 Å². The predicted molar refractivity (Wildman–Crippen MR) is 76.5 cm³/mol. The fraction of sp³-hybridized carbons (Fsp3) is 0.800. The maximum absolute atomic E-state index is 10.0. The largest absolute Gasteiger partial charge is 0.395 e. The van der Waals surface area contributed by atoms with Crippen LogP contribution < -0.4 is 0 Å². The van der Waals surface area contributed by atoms with Gasteiger partial charge in [0.1, 0.15) is 13.2 Å². The molecule has 0 aliphatic carbocycles. The van der Waals surface area contributed by atoms with E-state index in [9.17, 15) is 9.59 Å². The molecule has 0 bridgehead atoms. The molecule has 0 fully saturated rings. The summed E-state index contributed by atoms with van der Waals surface area (Å²) in [6.45, 7) is 1.47. The van der Waals surface area contributed by atoms with E-state index in [-0.39, 0.29) is 33.0 Å². The number of aliphatic hydroxyl groups is 3. The summed E-state index contributed by atoms with van der Waals surface area (Å²) in [5.74, 6) is 0. The summed E-state index contributed by atoms with van der Waals surface area (Å²) in [5.41, 5.74) is 0. The SMILES string of the molecule is O=C(S)COCC(=O)S.OCCN(CCO)CCO. The van der Waals surface area contributed by atoms with E-state index in [0.29, 0.717) is 19.6 Å². The van der Waals surface area contributed by atoms with Gasteiger partial charge in [-0.15, -0.1) is 25.3 Å². The Bertz CT molecular complexity index is 214. The second-order valence-corrected chi connectivity index (χ2v) is 4.29. The molecule has 0 rings (SSSR count). The first-order chi connectivity index (χ1) is 8.97. The lowest BCUT2D eigenvalue weighted by Gasteiger charge is -2.17. The van der Waals surface area contributed by atoms with Crippen molar-refractivity contribution < 1.29 is 29.6 Å². The molecule has 19 heavy (non-hydrogen) atoms. The van der Waals surface area contributed by atoms with E-state index in [1.807, 2.05) is 0 Å². The number of nitrogens with zero attached hydrogens (tertiary/aromatic N) is 1. The van der Waals surface area contributed by atoms with Crippen molar-refractivity contribution in [3.63, 3.8) is 0 Å². The van der Waals surface area contributed by atoms with Gasteiger partial charge in [-0.2, -0.15) is 0 Å². The van der Waals surface area contributed by atoms with Crippen molar-refractivity contribution in [1.29, 1.82) is 0 Å². The van der Waals surface area contributed by atoms with Gasteiger partial charge in [-0.1, -0.05) is 0 Å². The number of rotatable bonds is 10. The maximum atomic E-state index is 10.0. The van der Waals surface area contributed by atoms with Gasteiger partial charge in [0.05, 0.1) is 19.8 Å². The van der Waals surface area contributed by atoms with Crippen molar-refractivity contribution in [2.45, 2.75) is 0 Å². The highest BCUT2D eigenvalue weighted by Crippen LogP contribution is 1.85. The van der Waals surface area contributed by atoms with Crippen LogP contribution in [-0.2, 0) is 14.3 Å². The third kappa shape index (κ3) is 20.3. The number of carbonyl (C=O) groups is 2. The number of carbonyl (C=O) groups excluding carboxylic acids is 2. The molecule has 0 unspecified atom stereocenters. The number of aliphatic hydroxyl groups excluding tert-OH is 3. The van der Waals surface area contributed by atoms with Crippen LogP contribution in [0.2, 0.25) is 0 Å². The minimum Gasteiger partial charge on any atom is -0.395 e. The van der Waals surface area contributed by atoms with Gasteiger partial charge >= 0.3 is 0 Å². The molecular formula is C10H21NO6S2. The van der Waals surface area contributed by atoms with Crippen molar-refractivity contribution in [3.05, 3.63) is 0 Å². The average Bonchev–Trinajstić information content (AvgIpc) is 2.30. The molecule has 0 heterocycles. The Morgan fingerprint density at radius 1 is 0.842 bits per heavy atom. The lowest BCUT2D eigenvalue weighted by atomic mass is 10.4. The van der Waals surface area contributed by atoms with Gasteiger partial charge in [0.2, 0.25) is 10.2 Å². The van der Waals surface area contributed by atoms with Gasteiger partial charge in [0, 0.05) is 19.6 Å². The van der Waals surface area contributed by atoms with Crippen molar-refractivity contribution in [3.8, 4) is 0 Å². The quantitative estimate of drug-likeness (QED) is 0.302.